The maximum absolute atomic E-state index is 11.3. The topological polar surface area (TPSA) is 86.2 Å². The van der Waals surface area contributed by atoms with Crippen LogP contribution in [0.5, 0.6) is 0 Å². The van der Waals surface area contributed by atoms with E-state index < -0.39 is 4.92 Å². The first-order valence-electron chi connectivity index (χ1n) is 7.47. The van der Waals surface area contributed by atoms with Crippen LogP contribution in [0.2, 0.25) is 0 Å². The van der Waals surface area contributed by atoms with Crippen molar-refractivity contribution in [3.8, 4) is 11.4 Å². The van der Waals surface area contributed by atoms with Crippen LogP contribution in [0.25, 0.3) is 27.3 Å². The van der Waals surface area contributed by atoms with E-state index in [-0.39, 0.29) is 5.69 Å². The summed E-state index contributed by atoms with van der Waals surface area (Å²) in [6, 6.07) is 6.50. The van der Waals surface area contributed by atoms with Crippen LogP contribution in [0.3, 0.4) is 0 Å². The number of fused-ring (bicyclic) bond motifs is 3. The average molecular weight is 339 g/mol. The molecule has 1 aromatic carbocycles. The fourth-order valence-corrected chi connectivity index (χ4v) is 4.00. The van der Waals surface area contributed by atoms with E-state index in [9.17, 15) is 10.1 Å². The monoisotopic (exact) mass is 339 g/mol. The van der Waals surface area contributed by atoms with E-state index >= 15 is 0 Å². The zero-order valence-electron chi connectivity index (χ0n) is 13.1. The van der Waals surface area contributed by atoms with Gasteiger partial charge in [-0.25, -0.2) is 14.5 Å². The molecule has 0 fully saturated rings. The first-order chi connectivity index (χ1) is 11.6. The van der Waals surface area contributed by atoms with Gasteiger partial charge in [-0.15, -0.1) is 16.4 Å². The smallest absolute Gasteiger partial charge is 0.258 e. The van der Waals surface area contributed by atoms with E-state index in [1.165, 1.54) is 16.5 Å². The average Bonchev–Trinajstić information content (AvgIpc) is 3.14. The number of nitro groups is 1. The van der Waals surface area contributed by atoms with Crippen LogP contribution in [0, 0.1) is 17.0 Å². The second kappa shape index (κ2) is 5.34. The molecule has 3 heterocycles. The minimum Gasteiger partial charge on any atom is -0.258 e. The molecule has 0 aliphatic rings. The second-order valence-corrected chi connectivity index (χ2v) is 6.60. The second-order valence-electron chi connectivity index (χ2n) is 5.39. The molecule has 0 saturated heterocycles. The maximum atomic E-state index is 11.3. The number of rotatable bonds is 3. The SMILES string of the molecule is CCc1c(C)sc2ncn3nc(-c4ccccc4[N+](=O)[O-])nc3c12. The van der Waals surface area contributed by atoms with E-state index in [2.05, 4.69) is 28.9 Å². The van der Waals surface area contributed by atoms with Gasteiger partial charge in [-0.3, -0.25) is 10.1 Å². The summed E-state index contributed by atoms with van der Waals surface area (Å²) in [4.78, 5) is 22.0. The highest BCUT2D eigenvalue weighted by Gasteiger charge is 2.20. The van der Waals surface area contributed by atoms with Gasteiger partial charge in [0, 0.05) is 10.9 Å². The largest absolute Gasteiger partial charge is 0.280 e. The number of para-hydroxylation sites is 1. The molecular weight excluding hydrogens is 326 g/mol. The van der Waals surface area contributed by atoms with Crippen molar-refractivity contribution < 1.29 is 4.92 Å². The van der Waals surface area contributed by atoms with Crippen LogP contribution < -0.4 is 0 Å². The van der Waals surface area contributed by atoms with Gasteiger partial charge >= 0.3 is 0 Å². The van der Waals surface area contributed by atoms with Crippen LogP contribution in [0.1, 0.15) is 17.4 Å². The highest BCUT2D eigenvalue weighted by atomic mass is 32.1. The lowest BCUT2D eigenvalue weighted by atomic mass is 10.1. The molecule has 0 saturated carbocycles. The lowest BCUT2D eigenvalue weighted by Crippen LogP contribution is -1.93. The summed E-state index contributed by atoms with van der Waals surface area (Å²) in [5.41, 5.74) is 2.29. The van der Waals surface area contributed by atoms with Gasteiger partial charge in [0.2, 0.25) is 0 Å². The summed E-state index contributed by atoms with van der Waals surface area (Å²) < 4.78 is 1.60. The predicted octanol–water partition coefficient (Wildman–Crippen LogP) is 3.79. The van der Waals surface area contributed by atoms with Gasteiger partial charge < -0.3 is 0 Å². The Bertz CT molecular complexity index is 1100. The zero-order valence-corrected chi connectivity index (χ0v) is 13.9. The maximum Gasteiger partial charge on any atom is 0.280 e. The van der Waals surface area contributed by atoms with Crippen LogP contribution in [-0.4, -0.2) is 24.5 Å². The molecule has 0 spiro atoms. The third-order valence-corrected chi connectivity index (χ3v) is 5.08. The minimum absolute atomic E-state index is 0.00479. The molecule has 120 valence electrons. The van der Waals surface area contributed by atoms with Crippen LogP contribution >= 0.6 is 11.3 Å². The zero-order chi connectivity index (χ0) is 16.8. The molecule has 3 aromatic heterocycles. The Morgan fingerprint density at radius 1 is 1.33 bits per heavy atom. The Morgan fingerprint density at radius 3 is 2.88 bits per heavy atom. The first-order valence-corrected chi connectivity index (χ1v) is 8.29. The molecule has 7 nitrogen and oxygen atoms in total. The number of aromatic nitrogens is 4. The van der Waals surface area contributed by atoms with Gasteiger partial charge in [-0.1, -0.05) is 19.1 Å². The van der Waals surface area contributed by atoms with Crippen LogP contribution in [0.15, 0.2) is 30.6 Å². The number of hydrogen-bond donors (Lipinski definition) is 0. The normalized spacial score (nSPS) is 11.4. The molecule has 0 unspecified atom stereocenters. The molecule has 0 radical (unpaired) electrons. The molecule has 8 heteroatoms. The van der Waals surface area contributed by atoms with E-state index in [4.69, 9.17) is 0 Å². The molecule has 4 aromatic rings. The van der Waals surface area contributed by atoms with Gasteiger partial charge in [-0.2, -0.15) is 0 Å². The Labute approximate surface area is 140 Å². The van der Waals surface area contributed by atoms with Gasteiger partial charge in [0.25, 0.3) is 5.69 Å². The Hall–Kier alpha value is -2.87. The summed E-state index contributed by atoms with van der Waals surface area (Å²) in [6.07, 6.45) is 2.49. The predicted molar refractivity (Wildman–Crippen MR) is 92.4 cm³/mol. The highest BCUT2D eigenvalue weighted by Crippen LogP contribution is 2.34. The molecule has 4 rings (SSSR count). The van der Waals surface area contributed by atoms with Crippen molar-refractivity contribution in [1.29, 1.82) is 0 Å². The highest BCUT2D eigenvalue weighted by molar-refractivity contribution is 7.18. The number of nitro benzene ring substituents is 1. The summed E-state index contributed by atoms with van der Waals surface area (Å²) in [5.74, 6) is 0.336. The Balaban J connectivity index is 2.03. The molecule has 0 aliphatic carbocycles. The van der Waals surface area contributed by atoms with Gasteiger partial charge in [0.05, 0.1) is 15.9 Å². The van der Waals surface area contributed by atoms with E-state index in [1.807, 2.05) is 0 Å². The van der Waals surface area contributed by atoms with Crippen LogP contribution in [0.4, 0.5) is 5.69 Å². The summed E-state index contributed by atoms with van der Waals surface area (Å²) in [5, 5.41) is 16.6. The number of aryl methyl sites for hydroxylation is 2. The molecule has 0 atom stereocenters. The van der Waals surface area contributed by atoms with Gasteiger partial charge in [0.1, 0.15) is 11.2 Å². The number of hydrogen-bond acceptors (Lipinski definition) is 6. The fraction of sp³-hybridized carbons (Fsp3) is 0.188. The first kappa shape index (κ1) is 14.7. The molecule has 0 aliphatic heterocycles. The standard InChI is InChI=1S/C16H13N5O2S/c1-3-10-9(2)24-16-13(10)15-18-14(19-20(15)8-17-16)11-6-4-5-7-12(11)21(22)23/h4-8H,3H2,1-2H3. The quantitative estimate of drug-likeness (QED) is 0.419. The lowest BCUT2D eigenvalue weighted by molar-refractivity contribution is -0.384. The molecule has 0 amide bonds. The van der Waals surface area contributed by atoms with Crippen LogP contribution in [-0.2, 0) is 6.42 Å². The van der Waals surface area contributed by atoms with Crippen molar-refractivity contribution in [3.05, 3.63) is 51.1 Å². The van der Waals surface area contributed by atoms with Crippen molar-refractivity contribution >= 4 is 32.9 Å². The summed E-state index contributed by atoms with van der Waals surface area (Å²) in [7, 11) is 0. The van der Waals surface area contributed by atoms with E-state index in [1.54, 1.807) is 40.4 Å². The van der Waals surface area contributed by atoms with Crippen molar-refractivity contribution in [2.24, 2.45) is 0 Å². The van der Waals surface area contributed by atoms with Crippen molar-refractivity contribution in [2.45, 2.75) is 20.3 Å². The van der Waals surface area contributed by atoms with Gasteiger partial charge in [0.15, 0.2) is 11.5 Å². The van der Waals surface area contributed by atoms with E-state index in [0.717, 1.165) is 16.6 Å². The van der Waals surface area contributed by atoms with Crippen molar-refractivity contribution in [1.82, 2.24) is 19.6 Å². The molecule has 0 bridgehead atoms. The third-order valence-electron chi connectivity index (χ3n) is 4.02. The number of thiophene rings is 1. The third kappa shape index (κ3) is 2.07. The van der Waals surface area contributed by atoms with Gasteiger partial charge in [-0.05, 0) is 25.0 Å². The molecule has 24 heavy (non-hydrogen) atoms. The Kier molecular flexibility index (Phi) is 3.27. The van der Waals surface area contributed by atoms with E-state index in [0.29, 0.717) is 17.0 Å². The fourth-order valence-electron chi connectivity index (χ4n) is 2.93. The Morgan fingerprint density at radius 2 is 2.12 bits per heavy atom. The number of benzene rings is 1. The summed E-state index contributed by atoms with van der Waals surface area (Å²) in [6.45, 7) is 4.16. The lowest BCUT2D eigenvalue weighted by Gasteiger charge is -1.97. The minimum atomic E-state index is -0.416. The van der Waals surface area contributed by atoms with Crippen molar-refractivity contribution in [3.63, 3.8) is 0 Å². The number of nitrogens with zero attached hydrogens (tertiary/aromatic N) is 5. The summed E-state index contributed by atoms with van der Waals surface area (Å²) >= 11 is 1.63. The van der Waals surface area contributed by atoms with Crippen molar-refractivity contribution in [2.75, 3.05) is 0 Å². The molecule has 0 N–H and O–H groups in total. The molecular formula is C16H13N5O2S.